The topological polar surface area (TPSA) is 75.4 Å². The van der Waals surface area contributed by atoms with Crippen molar-refractivity contribution in [2.24, 2.45) is 5.73 Å². The fraction of sp³-hybridized carbons (Fsp3) is 0.462. The van der Waals surface area contributed by atoms with Gasteiger partial charge >= 0.3 is 0 Å². The van der Waals surface area contributed by atoms with Gasteiger partial charge in [-0.3, -0.25) is 4.79 Å². The van der Waals surface area contributed by atoms with E-state index in [1.807, 2.05) is 13.0 Å². The highest BCUT2D eigenvalue weighted by atomic mass is 16.3. The van der Waals surface area contributed by atoms with Crippen LogP contribution in [0.25, 0.3) is 0 Å². The fourth-order valence-electron chi connectivity index (χ4n) is 1.68. The third kappa shape index (κ3) is 4.07. The van der Waals surface area contributed by atoms with Crippen LogP contribution in [0, 0.1) is 0 Å². The van der Waals surface area contributed by atoms with Crippen LogP contribution < -0.4 is 11.1 Å². The Labute approximate surface area is 102 Å². The zero-order valence-electron chi connectivity index (χ0n) is 10.4. The highest BCUT2D eigenvalue weighted by Gasteiger charge is 2.26. The number of amides is 1. The first-order valence-corrected chi connectivity index (χ1v) is 5.81. The molecule has 17 heavy (non-hydrogen) atoms. The SMILES string of the molecule is CCCC(C)(N)C(=O)NCc1cccc(O)c1. The Bertz CT molecular complexity index is 389. The van der Waals surface area contributed by atoms with Crippen molar-refractivity contribution >= 4 is 5.91 Å². The second-order valence-electron chi connectivity index (χ2n) is 4.52. The molecule has 4 N–H and O–H groups in total. The smallest absolute Gasteiger partial charge is 0.240 e. The lowest BCUT2D eigenvalue weighted by atomic mass is 9.96. The maximum Gasteiger partial charge on any atom is 0.240 e. The zero-order valence-corrected chi connectivity index (χ0v) is 10.4. The number of benzene rings is 1. The number of nitrogens with one attached hydrogen (secondary N) is 1. The van der Waals surface area contributed by atoms with Crippen molar-refractivity contribution in [1.82, 2.24) is 5.32 Å². The summed E-state index contributed by atoms with van der Waals surface area (Å²) in [4.78, 5) is 11.8. The van der Waals surface area contributed by atoms with E-state index in [1.54, 1.807) is 25.1 Å². The van der Waals surface area contributed by atoms with E-state index in [1.165, 1.54) is 0 Å². The van der Waals surface area contributed by atoms with Gasteiger partial charge in [0.25, 0.3) is 0 Å². The minimum atomic E-state index is -0.828. The standard InChI is InChI=1S/C13H20N2O2/c1-3-7-13(2,14)12(17)15-9-10-5-4-6-11(16)8-10/h4-6,8,16H,3,7,9,14H2,1-2H3,(H,15,17). The van der Waals surface area contributed by atoms with Gasteiger partial charge in [-0.15, -0.1) is 0 Å². The highest BCUT2D eigenvalue weighted by Crippen LogP contribution is 2.12. The normalized spacial score (nSPS) is 14.1. The Hall–Kier alpha value is -1.55. The summed E-state index contributed by atoms with van der Waals surface area (Å²) >= 11 is 0. The average Bonchev–Trinajstić information content (AvgIpc) is 2.26. The lowest BCUT2D eigenvalue weighted by molar-refractivity contribution is -0.126. The summed E-state index contributed by atoms with van der Waals surface area (Å²) < 4.78 is 0. The number of nitrogens with two attached hydrogens (primary N) is 1. The fourth-order valence-corrected chi connectivity index (χ4v) is 1.68. The van der Waals surface area contributed by atoms with Crippen LogP contribution in [-0.4, -0.2) is 16.6 Å². The van der Waals surface area contributed by atoms with Gasteiger partial charge in [-0.25, -0.2) is 0 Å². The molecule has 0 radical (unpaired) electrons. The third-order valence-electron chi connectivity index (χ3n) is 2.65. The van der Waals surface area contributed by atoms with E-state index in [2.05, 4.69) is 5.32 Å². The van der Waals surface area contributed by atoms with Crippen LogP contribution in [0.1, 0.15) is 32.3 Å². The molecule has 0 aromatic heterocycles. The Balaban J connectivity index is 2.54. The largest absolute Gasteiger partial charge is 0.508 e. The second kappa shape index (κ2) is 5.68. The van der Waals surface area contributed by atoms with Crippen LogP contribution in [-0.2, 0) is 11.3 Å². The van der Waals surface area contributed by atoms with E-state index in [4.69, 9.17) is 5.73 Å². The summed E-state index contributed by atoms with van der Waals surface area (Å²) in [7, 11) is 0. The zero-order chi connectivity index (χ0) is 12.9. The minimum absolute atomic E-state index is 0.164. The molecule has 1 unspecified atom stereocenters. The van der Waals surface area contributed by atoms with E-state index in [-0.39, 0.29) is 11.7 Å². The lowest BCUT2D eigenvalue weighted by Gasteiger charge is -2.22. The molecule has 0 aliphatic carbocycles. The van der Waals surface area contributed by atoms with Gasteiger partial charge in [0.05, 0.1) is 5.54 Å². The number of carbonyl (C=O) groups is 1. The number of aromatic hydroxyl groups is 1. The van der Waals surface area contributed by atoms with Gasteiger partial charge in [-0.2, -0.15) is 0 Å². The first-order valence-electron chi connectivity index (χ1n) is 5.81. The van der Waals surface area contributed by atoms with Crippen LogP contribution >= 0.6 is 0 Å². The Morgan fingerprint density at radius 1 is 1.53 bits per heavy atom. The highest BCUT2D eigenvalue weighted by molar-refractivity contribution is 5.85. The molecule has 0 spiro atoms. The van der Waals surface area contributed by atoms with Crippen molar-refractivity contribution in [2.45, 2.75) is 38.8 Å². The molecule has 0 bridgehead atoms. The van der Waals surface area contributed by atoms with Gasteiger partial charge in [0.2, 0.25) is 5.91 Å². The van der Waals surface area contributed by atoms with Crippen molar-refractivity contribution in [1.29, 1.82) is 0 Å². The van der Waals surface area contributed by atoms with Crippen LogP contribution in [0.3, 0.4) is 0 Å². The minimum Gasteiger partial charge on any atom is -0.508 e. The van der Waals surface area contributed by atoms with E-state index < -0.39 is 5.54 Å². The molecular weight excluding hydrogens is 216 g/mol. The summed E-state index contributed by atoms with van der Waals surface area (Å²) in [5.74, 6) is 0.0310. The van der Waals surface area contributed by atoms with Crippen LogP contribution in [0.5, 0.6) is 5.75 Å². The first-order chi connectivity index (χ1) is 7.95. The number of rotatable bonds is 5. The number of phenolic OH excluding ortho intramolecular Hbond substituents is 1. The lowest BCUT2D eigenvalue weighted by Crippen LogP contribution is -2.51. The van der Waals surface area contributed by atoms with Crippen LogP contribution in [0.4, 0.5) is 0 Å². The monoisotopic (exact) mass is 236 g/mol. The van der Waals surface area contributed by atoms with Gasteiger partial charge in [-0.05, 0) is 31.0 Å². The maximum absolute atomic E-state index is 11.8. The molecular formula is C13H20N2O2. The Kier molecular flexibility index (Phi) is 4.52. The molecule has 94 valence electrons. The molecule has 0 heterocycles. The summed E-state index contributed by atoms with van der Waals surface area (Å²) in [5.41, 5.74) is 5.93. The van der Waals surface area contributed by atoms with Gasteiger partial charge in [-0.1, -0.05) is 25.5 Å². The average molecular weight is 236 g/mol. The first kappa shape index (κ1) is 13.5. The number of carbonyl (C=O) groups excluding carboxylic acids is 1. The van der Waals surface area contributed by atoms with Gasteiger partial charge in [0.1, 0.15) is 5.75 Å². The third-order valence-corrected chi connectivity index (χ3v) is 2.65. The number of hydrogen-bond donors (Lipinski definition) is 3. The quantitative estimate of drug-likeness (QED) is 0.725. The number of phenols is 1. The molecule has 0 fully saturated rings. The van der Waals surface area contributed by atoms with Crippen molar-refractivity contribution in [3.63, 3.8) is 0 Å². The van der Waals surface area contributed by atoms with Gasteiger partial charge in [0.15, 0.2) is 0 Å². The molecule has 1 amide bonds. The van der Waals surface area contributed by atoms with Crippen molar-refractivity contribution in [2.75, 3.05) is 0 Å². The molecule has 4 nitrogen and oxygen atoms in total. The predicted octanol–water partition coefficient (Wildman–Crippen LogP) is 1.53. The molecule has 0 aliphatic heterocycles. The van der Waals surface area contributed by atoms with E-state index >= 15 is 0 Å². The molecule has 1 aromatic rings. The van der Waals surface area contributed by atoms with Crippen LogP contribution in [0.2, 0.25) is 0 Å². The summed E-state index contributed by atoms with van der Waals surface area (Å²) in [6.07, 6.45) is 1.52. The van der Waals surface area contributed by atoms with Gasteiger partial charge in [0, 0.05) is 6.54 Å². The molecule has 0 saturated carbocycles. The maximum atomic E-state index is 11.8. The second-order valence-corrected chi connectivity index (χ2v) is 4.52. The summed E-state index contributed by atoms with van der Waals surface area (Å²) in [6, 6.07) is 6.79. The number of hydrogen-bond acceptors (Lipinski definition) is 3. The van der Waals surface area contributed by atoms with E-state index in [9.17, 15) is 9.90 Å². The van der Waals surface area contributed by atoms with E-state index in [0.717, 1.165) is 12.0 Å². The van der Waals surface area contributed by atoms with Crippen LogP contribution in [0.15, 0.2) is 24.3 Å². The molecule has 1 aromatic carbocycles. The van der Waals surface area contributed by atoms with Crippen molar-refractivity contribution in [3.05, 3.63) is 29.8 Å². The molecule has 4 heteroatoms. The van der Waals surface area contributed by atoms with Gasteiger partial charge < -0.3 is 16.2 Å². The summed E-state index contributed by atoms with van der Waals surface area (Å²) in [6.45, 7) is 4.10. The molecule has 1 rings (SSSR count). The Morgan fingerprint density at radius 2 is 2.24 bits per heavy atom. The Morgan fingerprint density at radius 3 is 2.82 bits per heavy atom. The van der Waals surface area contributed by atoms with Crippen molar-refractivity contribution in [3.8, 4) is 5.75 Å². The summed E-state index contributed by atoms with van der Waals surface area (Å²) in [5, 5.41) is 12.1. The molecule has 0 saturated heterocycles. The molecule has 1 atom stereocenters. The predicted molar refractivity (Wildman–Crippen MR) is 67.5 cm³/mol. The molecule has 0 aliphatic rings. The van der Waals surface area contributed by atoms with E-state index in [0.29, 0.717) is 13.0 Å². The van der Waals surface area contributed by atoms with Crippen molar-refractivity contribution < 1.29 is 9.90 Å².